The molecule has 1 amide bonds. The van der Waals surface area contributed by atoms with Crippen molar-refractivity contribution in [1.82, 2.24) is 4.57 Å². The molecule has 2 aromatic heterocycles. The molecule has 0 atom stereocenters. The summed E-state index contributed by atoms with van der Waals surface area (Å²) in [5.74, 6) is -1.83. The second-order valence-corrected chi connectivity index (χ2v) is 5.08. The van der Waals surface area contributed by atoms with Crippen molar-refractivity contribution in [1.29, 1.82) is 0 Å². The molecule has 0 unspecified atom stereocenters. The normalized spacial score (nSPS) is 12.2. The van der Waals surface area contributed by atoms with Gasteiger partial charge < -0.3 is 8.98 Å². The number of furan rings is 1. The number of fused-ring (bicyclic) bond motifs is 1. The Bertz CT molecular complexity index is 863. The lowest BCUT2D eigenvalue weighted by Crippen LogP contribution is -2.13. The molecule has 0 N–H and O–H groups in total. The third-order valence-electron chi connectivity index (χ3n) is 2.75. The SMILES string of the molecule is Cn1c(=NC(=O)c2ccco2)sc2cc(F)cc(F)c21. The number of carbonyl (C=O) groups excluding carboxylic acids is 1. The van der Waals surface area contributed by atoms with Crippen molar-refractivity contribution in [2.24, 2.45) is 12.0 Å². The molecule has 0 saturated carbocycles. The highest BCUT2D eigenvalue weighted by atomic mass is 32.1. The van der Waals surface area contributed by atoms with Gasteiger partial charge in [-0.15, -0.1) is 0 Å². The van der Waals surface area contributed by atoms with Crippen molar-refractivity contribution in [2.45, 2.75) is 0 Å². The number of hydrogen-bond acceptors (Lipinski definition) is 3. The second-order valence-electron chi connectivity index (χ2n) is 4.07. The number of amides is 1. The zero-order valence-corrected chi connectivity index (χ0v) is 11.1. The molecule has 0 radical (unpaired) electrons. The minimum atomic E-state index is -0.689. The smallest absolute Gasteiger partial charge is 0.315 e. The molecule has 20 heavy (non-hydrogen) atoms. The maximum absolute atomic E-state index is 13.7. The van der Waals surface area contributed by atoms with Gasteiger partial charge in [-0.05, 0) is 18.2 Å². The number of benzene rings is 1. The van der Waals surface area contributed by atoms with E-state index in [-0.39, 0.29) is 16.1 Å². The summed E-state index contributed by atoms with van der Waals surface area (Å²) in [7, 11) is 1.56. The fraction of sp³-hybridized carbons (Fsp3) is 0.0769. The van der Waals surface area contributed by atoms with Gasteiger partial charge in [-0.3, -0.25) is 4.79 Å². The zero-order chi connectivity index (χ0) is 14.3. The Morgan fingerprint density at radius 2 is 2.20 bits per heavy atom. The average Bonchev–Trinajstić information content (AvgIpc) is 2.98. The third kappa shape index (κ3) is 2.05. The third-order valence-corrected chi connectivity index (χ3v) is 3.82. The van der Waals surface area contributed by atoms with Crippen molar-refractivity contribution < 1.29 is 18.0 Å². The minimum absolute atomic E-state index is 0.0918. The van der Waals surface area contributed by atoms with Crippen LogP contribution in [-0.4, -0.2) is 10.5 Å². The monoisotopic (exact) mass is 294 g/mol. The summed E-state index contributed by atoms with van der Waals surface area (Å²) >= 11 is 1.03. The molecule has 4 nitrogen and oxygen atoms in total. The van der Waals surface area contributed by atoms with Crippen molar-refractivity contribution in [3.8, 4) is 0 Å². The first kappa shape index (κ1) is 12.7. The average molecular weight is 294 g/mol. The highest BCUT2D eigenvalue weighted by Gasteiger charge is 2.12. The number of carbonyl (C=O) groups is 1. The van der Waals surface area contributed by atoms with Crippen LogP contribution in [0.15, 0.2) is 39.9 Å². The summed E-state index contributed by atoms with van der Waals surface area (Å²) in [6.07, 6.45) is 1.36. The molecule has 102 valence electrons. The van der Waals surface area contributed by atoms with Gasteiger partial charge in [0.1, 0.15) is 5.82 Å². The molecule has 0 aliphatic rings. The Kier molecular flexibility index (Phi) is 2.98. The zero-order valence-electron chi connectivity index (χ0n) is 10.3. The van der Waals surface area contributed by atoms with Crippen LogP contribution in [0.2, 0.25) is 0 Å². The maximum Gasteiger partial charge on any atom is 0.315 e. The number of rotatable bonds is 1. The lowest BCUT2D eigenvalue weighted by Gasteiger charge is -1.97. The fourth-order valence-electron chi connectivity index (χ4n) is 1.85. The molecule has 2 heterocycles. The number of aromatic nitrogens is 1. The van der Waals surface area contributed by atoms with E-state index in [0.717, 1.165) is 17.4 Å². The van der Waals surface area contributed by atoms with Crippen LogP contribution in [0.1, 0.15) is 10.6 Å². The molecular formula is C13H8F2N2O2S. The number of nitrogens with zero attached hydrogens (tertiary/aromatic N) is 2. The van der Waals surface area contributed by atoms with Crippen LogP contribution in [0.3, 0.4) is 0 Å². The molecule has 0 spiro atoms. The van der Waals surface area contributed by atoms with Crippen LogP contribution in [0.25, 0.3) is 10.2 Å². The van der Waals surface area contributed by atoms with Gasteiger partial charge in [0.25, 0.3) is 0 Å². The van der Waals surface area contributed by atoms with Gasteiger partial charge in [0, 0.05) is 13.1 Å². The fourth-order valence-corrected chi connectivity index (χ4v) is 2.90. The number of hydrogen-bond donors (Lipinski definition) is 0. The van der Waals surface area contributed by atoms with Crippen molar-refractivity contribution in [3.63, 3.8) is 0 Å². The Balaban J connectivity index is 2.20. The van der Waals surface area contributed by atoms with Crippen molar-refractivity contribution >= 4 is 27.5 Å². The molecule has 0 bridgehead atoms. The summed E-state index contributed by atoms with van der Waals surface area (Å²) in [4.78, 5) is 16.0. The Morgan fingerprint density at radius 1 is 1.40 bits per heavy atom. The van der Waals surface area contributed by atoms with Crippen LogP contribution >= 0.6 is 11.3 Å². The molecular weight excluding hydrogens is 286 g/mol. The van der Waals surface area contributed by atoms with Crippen LogP contribution < -0.4 is 4.80 Å². The van der Waals surface area contributed by atoms with E-state index in [1.807, 2.05) is 0 Å². The Morgan fingerprint density at radius 3 is 2.90 bits per heavy atom. The number of halogens is 2. The van der Waals surface area contributed by atoms with Crippen LogP contribution in [0.5, 0.6) is 0 Å². The van der Waals surface area contributed by atoms with E-state index in [4.69, 9.17) is 4.42 Å². The Hall–Kier alpha value is -2.28. The summed E-state index contributed by atoms with van der Waals surface area (Å²) in [5, 5.41) is 0. The summed E-state index contributed by atoms with van der Waals surface area (Å²) in [6.45, 7) is 0. The summed E-state index contributed by atoms with van der Waals surface area (Å²) in [6, 6.07) is 5.06. The lowest BCUT2D eigenvalue weighted by atomic mass is 10.3. The van der Waals surface area contributed by atoms with E-state index >= 15 is 0 Å². The molecule has 0 fully saturated rings. The topological polar surface area (TPSA) is 47.5 Å². The van der Waals surface area contributed by atoms with Gasteiger partial charge >= 0.3 is 5.91 Å². The Labute approximate surface area is 115 Å². The molecule has 3 rings (SSSR count). The maximum atomic E-state index is 13.7. The van der Waals surface area contributed by atoms with Gasteiger partial charge in [0.05, 0.1) is 16.5 Å². The van der Waals surface area contributed by atoms with Gasteiger partial charge in [-0.2, -0.15) is 4.99 Å². The predicted molar refractivity (Wildman–Crippen MR) is 69.3 cm³/mol. The highest BCUT2D eigenvalue weighted by molar-refractivity contribution is 7.16. The second kappa shape index (κ2) is 4.68. The van der Waals surface area contributed by atoms with Gasteiger partial charge in [-0.25, -0.2) is 8.78 Å². The quantitative estimate of drug-likeness (QED) is 0.693. The lowest BCUT2D eigenvalue weighted by molar-refractivity contribution is 0.0971. The molecule has 1 aromatic carbocycles. The van der Waals surface area contributed by atoms with Crippen LogP contribution in [0.4, 0.5) is 8.78 Å². The van der Waals surface area contributed by atoms with Gasteiger partial charge in [0.15, 0.2) is 16.4 Å². The predicted octanol–water partition coefficient (Wildman–Crippen LogP) is 2.85. The van der Waals surface area contributed by atoms with Crippen LogP contribution in [0, 0.1) is 11.6 Å². The summed E-state index contributed by atoms with van der Waals surface area (Å²) in [5.41, 5.74) is 0.211. The van der Waals surface area contributed by atoms with E-state index in [9.17, 15) is 13.6 Å². The highest BCUT2D eigenvalue weighted by Crippen LogP contribution is 2.21. The largest absolute Gasteiger partial charge is 0.459 e. The molecule has 0 saturated heterocycles. The number of aryl methyl sites for hydroxylation is 1. The minimum Gasteiger partial charge on any atom is -0.459 e. The molecule has 0 aliphatic carbocycles. The van der Waals surface area contributed by atoms with E-state index in [1.54, 1.807) is 13.1 Å². The van der Waals surface area contributed by atoms with Gasteiger partial charge in [0.2, 0.25) is 0 Å². The van der Waals surface area contributed by atoms with E-state index < -0.39 is 17.5 Å². The van der Waals surface area contributed by atoms with Crippen molar-refractivity contribution in [3.05, 3.63) is 52.7 Å². The first-order chi connectivity index (χ1) is 9.56. The molecule has 7 heteroatoms. The number of thiazole rings is 1. The standard InChI is InChI=1S/C13H8F2N2O2S/c1-17-11-8(15)5-7(14)6-10(11)20-13(17)16-12(18)9-3-2-4-19-9/h2-6H,1H3. The molecule has 3 aromatic rings. The molecule has 0 aliphatic heterocycles. The first-order valence-electron chi connectivity index (χ1n) is 5.63. The van der Waals surface area contributed by atoms with E-state index in [0.29, 0.717) is 4.70 Å². The summed E-state index contributed by atoms with van der Waals surface area (Å²) < 4.78 is 33.6. The van der Waals surface area contributed by atoms with E-state index in [1.165, 1.54) is 23.0 Å². The van der Waals surface area contributed by atoms with Crippen LogP contribution in [-0.2, 0) is 7.05 Å². The van der Waals surface area contributed by atoms with Crippen molar-refractivity contribution in [2.75, 3.05) is 0 Å². The first-order valence-corrected chi connectivity index (χ1v) is 6.45. The van der Waals surface area contributed by atoms with E-state index in [2.05, 4.69) is 4.99 Å². The van der Waals surface area contributed by atoms with Gasteiger partial charge in [-0.1, -0.05) is 11.3 Å².